The molecule has 0 spiro atoms. The van der Waals surface area contributed by atoms with Crippen molar-refractivity contribution >= 4 is 23.1 Å². The van der Waals surface area contributed by atoms with Gasteiger partial charge < -0.3 is 20.2 Å². The molecule has 0 saturated heterocycles. The lowest BCUT2D eigenvalue weighted by Gasteiger charge is -2.12. The van der Waals surface area contributed by atoms with Crippen molar-refractivity contribution in [2.45, 2.75) is 6.54 Å². The Morgan fingerprint density at radius 3 is 2.54 bits per heavy atom. The number of hydrogen-bond acceptors (Lipinski definition) is 4. The molecule has 3 rings (SSSR count). The van der Waals surface area contributed by atoms with E-state index in [0.717, 1.165) is 11.1 Å². The van der Waals surface area contributed by atoms with Crippen molar-refractivity contribution in [1.82, 2.24) is 9.88 Å². The van der Waals surface area contributed by atoms with Crippen LogP contribution in [-0.4, -0.2) is 34.0 Å². The molecule has 1 heterocycles. The van der Waals surface area contributed by atoms with Crippen molar-refractivity contribution in [3.63, 3.8) is 0 Å². The van der Waals surface area contributed by atoms with E-state index in [4.69, 9.17) is 15.3 Å². The molecule has 0 fully saturated rings. The van der Waals surface area contributed by atoms with Crippen LogP contribution in [0.15, 0.2) is 46.9 Å². The topological polar surface area (TPSA) is 110 Å². The zero-order chi connectivity index (χ0) is 17.3. The minimum Gasteiger partial charge on any atom is -0.465 e. The molecule has 0 atom stereocenters. The first-order valence-electron chi connectivity index (χ1n) is 7.18. The van der Waals surface area contributed by atoms with E-state index in [1.54, 1.807) is 42.5 Å². The smallest absolute Gasteiger partial charge is 0.407 e. The molecule has 0 aliphatic carbocycles. The summed E-state index contributed by atoms with van der Waals surface area (Å²) in [6.07, 6.45) is -0.989. The van der Waals surface area contributed by atoms with Crippen LogP contribution in [0.5, 0.6) is 0 Å². The average Bonchev–Trinajstić information content (AvgIpc) is 2.99. The Hall–Kier alpha value is -3.35. The highest BCUT2D eigenvalue weighted by Crippen LogP contribution is 2.26. The van der Waals surface area contributed by atoms with Crippen LogP contribution < -0.4 is 5.73 Å². The summed E-state index contributed by atoms with van der Waals surface area (Å²) in [6.45, 7) is 0.287. The standard InChI is InChI=1S/C17H15N3O4/c1-20(17(22)23)9-10-5-7-11(8-6-10)16-19-13-4-2-3-12(15(18)21)14(13)24-16/h2-8H,9H2,1H3,(H2,18,21)(H,22,23). The molecule has 0 saturated carbocycles. The number of fused-ring (bicyclic) bond motifs is 1. The highest BCUT2D eigenvalue weighted by Gasteiger charge is 2.14. The van der Waals surface area contributed by atoms with E-state index >= 15 is 0 Å². The fraction of sp³-hybridized carbons (Fsp3) is 0.118. The van der Waals surface area contributed by atoms with Gasteiger partial charge in [0.05, 0.1) is 5.56 Å². The SMILES string of the molecule is CN(Cc1ccc(-c2nc3cccc(C(N)=O)c3o2)cc1)C(=O)O. The van der Waals surface area contributed by atoms with Gasteiger partial charge in [-0.2, -0.15) is 0 Å². The van der Waals surface area contributed by atoms with Crippen molar-refractivity contribution < 1.29 is 19.1 Å². The summed E-state index contributed by atoms with van der Waals surface area (Å²) < 4.78 is 5.69. The Kier molecular flexibility index (Phi) is 3.91. The molecule has 2 aromatic carbocycles. The maximum Gasteiger partial charge on any atom is 0.407 e. The molecule has 0 aliphatic rings. The number of carbonyl (C=O) groups is 2. The van der Waals surface area contributed by atoms with Gasteiger partial charge in [-0.15, -0.1) is 0 Å². The predicted octanol–water partition coefficient (Wildman–Crippen LogP) is 2.70. The maximum absolute atomic E-state index is 11.4. The number of aromatic nitrogens is 1. The number of nitrogens with zero attached hydrogens (tertiary/aromatic N) is 2. The molecule has 3 N–H and O–H groups in total. The van der Waals surface area contributed by atoms with Gasteiger partial charge in [0.1, 0.15) is 5.52 Å². The summed E-state index contributed by atoms with van der Waals surface area (Å²) in [6, 6.07) is 12.2. The van der Waals surface area contributed by atoms with Gasteiger partial charge in [-0.1, -0.05) is 18.2 Å². The summed E-state index contributed by atoms with van der Waals surface area (Å²) in [5.74, 6) is -0.202. The molecule has 7 heteroatoms. The molecule has 0 unspecified atom stereocenters. The first-order valence-corrected chi connectivity index (χ1v) is 7.18. The molecule has 0 aliphatic heterocycles. The van der Waals surface area contributed by atoms with Crippen LogP contribution in [0.1, 0.15) is 15.9 Å². The fourth-order valence-electron chi connectivity index (χ4n) is 2.36. The van der Waals surface area contributed by atoms with Gasteiger partial charge in [0.15, 0.2) is 5.58 Å². The summed E-state index contributed by atoms with van der Waals surface area (Å²) >= 11 is 0. The number of amides is 2. The largest absolute Gasteiger partial charge is 0.465 e. The van der Waals surface area contributed by atoms with Crippen molar-refractivity contribution in [2.75, 3.05) is 7.05 Å². The van der Waals surface area contributed by atoms with Crippen molar-refractivity contribution in [3.05, 3.63) is 53.6 Å². The molecule has 24 heavy (non-hydrogen) atoms. The lowest BCUT2D eigenvalue weighted by Crippen LogP contribution is -2.23. The van der Waals surface area contributed by atoms with Gasteiger partial charge in [-0.3, -0.25) is 4.79 Å². The van der Waals surface area contributed by atoms with E-state index in [1.807, 2.05) is 0 Å². The first-order chi connectivity index (χ1) is 11.5. The summed E-state index contributed by atoms with van der Waals surface area (Å²) in [5.41, 5.74) is 8.10. The minimum absolute atomic E-state index is 0.283. The molecule has 0 radical (unpaired) electrons. The lowest BCUT2D eigenvalue weighted by molar-refractivity contribution is 0.100. The van der Waals surface area contributed by atoms with E-state index in [9.17, 15) is 9.59 Å². The second kappa shape index (κ2) is 6.04. The van der Waals surface area contributed by atoms with Crippen LogP contribution in [0.3, 0.4) is 0 Å². The third-order valence-electron chi connectivity index (χ3n) is 3.63. The van der Waals surface area contributed by atoms with Crippen LogP contribution >= 0.6 is 0 Å². The average molecular weight is 325 g/mol. The summed E-state index contributed by atoms with van der Waals surface area (Å²) in [4.78, 5) is 27.8. The number of nitrogens with two attached hydrogens (primary N) is 1. The number of primary amides is 1. The predicted molar refractivity (Wildman–Crippen MR) is 87.5 cm³/mol. The van der Waals surface area contributed by atoms with Gasteiger partial charge >= 0.3 is 6.09 Å². The second-order valence-electron chi connectivity index (χ2n) is 5.37. The second-order valence-corrected chi connectivity index (χ2v) is 5.37. The lowest BCUT2D eigenvalue weighted by atomic mass is 10.1. The zero-order valence-corrected chi connectivity index (χ0v) is 12.9. The highest BCUT2D eigenvalue weighted by atomic mass is 16.4. The molecule has 3 aromatic rings. The van der Waals surface area contributed by atoms with Gasteiger partial charge in [0, 0.05) is 19.2 Å². The molecule has 122 valence electrons. The number of para-hydroxylation sites is 1. The van der Waals surface area contributed by atoms with E-state index < -0.39 is 12.0 Å². The number of carboxylic acid groups (broad SMARTS) is 1. The molecular weight excluding hydrogens is 310 g/mol. The molecular formula is C17H15N3O4. The summed E-state index contributed by atoms with van der Waals surface area (Å²) in [5, 5.41) is 8.89. The van der Waals surface area contributed by atoms with Crippen LogP contribution in [-0.2, 0) is 6.54 Å². The Bertz CT molecular complexity index is 915. The Morgan fingerprint density at radius 1 is 1.21 bits per heavy atom. The van der Waals surface area contributed by atoms with Crippen molar-refractivity contribution in [1.29, 1.82) is 0 Å². The van der Waals surface area contributed by atoms with E-state index in [0.29, 0.717) is 17.0 Å². The van der Waals surface area contributed by atoms with Crippen LogP contribution in [0.4, 0.5) is 4.79 Å². The fourth-order valence-corrected chi connectivity index (χ4v) is 2.36. The minimum atomic E-state index is -0.989. The maximum atomic E-state index is 11.4. The first kappa shape index (κ1) is 15.5. The van der Waals surface area contributed by atoms with Gasteiger partial charge in [-0.25, -0.2) is 9.78 Å². The van der Waals surface area contributed by atoms with Crippen LogP contribution in [0.2, 0.25) is 0 Å². The number of hydrogen-bond donors (Lipinski definition) is 2. The normalized spacial score (nSPS) is 10.7. The highest BCUT2D eigenvalue weighted by molar-refractivity contribution is 6.03. The number of carbonyl (C=O) groups excluding carboxylic acids is 1. The Labute approximate surface area is 137 Å². The van der Waals surface area contributed by atoms with Gasteiger partial charge in [-0.05, 0) is 29.8 Å². The van der Waals surface area contributed by atoms with Crippen LogP contribution in [0, 0.1) is 0 Å². The molecule has 2 amide bonds. The van der Waals surface area contributed by atoms with Crippen molar-refractivity contribution in [2.24, 2.45) is 5.73 Å². The monoisotopic (exact) mass is 325 g/mol. The zero-order valence-electron chi connectivity index (χ0n) is 12.9. The van der Waals surface area contributed by atoms with E-state index in [-0.39, 0.29) is 12.1 Å². The van der Waals surface area contributed by atoms with Crippen molar-refractivity contribution in [3.8, 4) is 11.5 Å². The third-order valence-corrected chi connectivity index (χ3v) is 3.63. The molecule has 1 aromatic heterocycles. The Balaban J connectivity index is 1.92. The van der Waals surface area contributed by atoms with E-state index in [2.05, 4.69) is 4.98 Å². The number of benzene rings is 2. The third kappa shape index (κ3) is 2.91. The quantitative estimate of drug-likeness (QED) is 0.766. The molecule has 0 bridgehead atoms. The van der Waals surface area contributed by atoms with Gasteiger partial charge in [0.2, 0.25) is 5.89 Å². The Morgan fingerprint density at radius 2 is 1.92 bits per heavy atom. The number of rotatable bonds is 4. The number of oxazole rings is 1. The summed E-state index contributed by atoms with van der Waals surface area (Å²) in [7, 11) is 1.50. The van der Waals surface area contributed by atoms with E-state index in [1.165, 1.54) is 11.9 Å². The molecule has 7 nitrogen and oxygen atoms in total. The van der Waals surface area contributed by atoms with Gasteiger partial charge in [0.25, 0.3) is 5.91 Å². The van der Waals surface area contributed by atoms with Crippen LogP contribution in [0.25, 0.3) is 22.6 Å².